The van der Waals surface area contributed by atoms with Crippen LogP contribution in [0.25, 0.3) is 0 Å². The lowest BCUT2D eigenvalue weighted by molar-refractivity contribution is -0.221. The minimum atomic E-state index is -1.12. The van der Waals surface area contributed by atoms with Crippen molar-refractivity contribution in [1.82, 2.24) is 19.9 Å². The first-order chi connectivity index (χ1) is 29.1. The third kappa shape index (κ3) is 20.2. The first-order valence-corrected chi connectivity index (χ1v) is 19.8. The lowest BCUT2D eigenvalue weighted by atomic mass is 10.3. The molecule has 2 fully saturated rings. The van der Waals surface area contributed by atoms with Gasteiger partial charge in [-0.25, -0.2) is 9.59 Å². The van der Waals surface area contributed by atoms with Crippen molar-refractivity contribution >= 4 is 47.4 Å². The number of nitrogens with zero attached hydrogens (tertiary/aromatic N) is 4. The Balaban J connectivity index is 1.15. The highest BCUT2D eigenvalue weighted by atomic mass is 16.7. The van der Waals surface area contributed by atoms with E-state index in [4.69, 9.17) is 47.6 Å². The van der Waals surface area contributed by atoms with Crippen LogP contribution < -0.4 is 0 Å². The molecule has 3 aliphatic heterocycles. The van der Waals surface area contributed by atoms with Crippen LogP contribution in [0.3, 0.4) is 0 Å². The minimum Gasteiger partial charge on any atom is -0.378 e. The molecule has 1 unspecified atom stereocenters. The van der Waals surface area contributed by atoms with Crippen LogP contribution in [0.2, 0.25) is 0 Å². The summed E-state index contributed by atoms with van der Waals surface area (Å²) >= 11 is 0. The van der Waals surface area contributed by atoms with Crippen LogP contribution in [0.4, 0.5) is 0 Å². The van der Waals surface area contributed by atoms with E-state index in [1.54, 1.807) is 0 Å². The number of ether oxygens (including phenoxy) is 8. The molecule has 338 valence electrons. The maximum Gasteiger partial charge on any atom is 0.335 e. The first-order valence-electron chi connectivity index (χ1n) is 19.8. The summed E-state index contributed by atoms with van der Waals surface area (Å²) in [7, 11) is 0. The molecule has 1 atom stereocenters. The molecule has 0 aliphatic carbocycles. The van der Waals surface area contributed by atoms with Crippen LogP contribution in [0.1, 0.15) is 44.9 Å². The van der Waals surface area contributed by atoms with E-state index in [-0.39, 0.29) is 150 Å². The van der Waals surface area contributed by atoms with Crippen LogP contribution in [0.5, 0.6) is 0 Å². The van der Waals surface area contributed by atoms with Crippen molar-refractivity contribution in [2.45, 2.75) is 51.2 Å². The average molecular weight is 861 g/mol. The molecule has 0 aromatic heterocycles. The topological polar surface area (TPSA) is 262 Å². The zero-order valence-corrected chi connectivity index (χ0v) is 33.7. The molecule has 2 saturated heterocycles. The van der Waals surface area contributed by atoms with Gasteiger partial charge < -0.3 is 57.6 Å². The van der Waals surface area contributed by atoms with E-state index in [1.165, 1.54) is 4.90 Å². The fraction of sp³-hybridized carbons (Fsp3) is 0.730. The van der Waals surface area contributed by atoms with Gasteiger partial charge in [-0.1, -0.05) is 0 Å². The molecule has 0 spiro atoms. The van der Waals surface area contributed by atoms with E-state index in [0.717, 1.165) is 17.1 Å². The number of imide groups is 2. The third-order valence-electron chi connectivity index (χ3n) is 8.48. The highest BCUT2D eigenvalue weighted by Gasteiger charge is 2.34. The number of aliphatic hydroxyl groups excluding tert-OH is 1. The molecule has 0 aromatic carbocycles. The van der Waals surface area contributed by atoms with Gasteiger partial charge in [0.1, 0.15) is 0 Å². The van der Waals surface area contributed by atoms with Crippen molar-refractivity contribution in [2.75, 3.05) is 125 Å². The van der Waals surface area contributed by atoms with Crippen LogP contribution in [-0.4, -0.2) is 204 Å². The van der Waals surface area contributed by atoms with Gasteiger partial charge in [-0.2, -0.15) is 0 Å². The molecule has 0 aromatic rings. The van der Waals surface area contributed by atoms with Gasteiger partial charge in [0, 0.05) is 63.9 Å². The molecule has 23 nitrogen and oxygen atoms in total. The molecule has 3 heterocycles. The second-order valence-corrected chi connectivity index (χ2v) is 12.9. The lowest BCUT2D eigenvalue weighted by Crippen LogP contribution is -2.40. The van der Waals surface area contributed by atoms with Gasteiger partial charge in [0.2, 0.25) is 5.91 Å². The number of hydroxylamine groups is 4. The van der Waals surface area contributed by atoms with Gasteiger partial charge in [-0.05, 0) is 0 Å². The SMILES string of the molecule is O=C(CCOCCOCCOCCOCCN(CCOCCOCCOCCOCCC(=O)ON1C(=O)CCC1O)C(=O)CCN1C(=O)C=CC1=O)ON1C(=O)CCC1=O. The molecular weight excluding hydrogens is 804 g/mol. The Kier molecular flexibility index (Phi) is 24.7. The summed E-state index contributed by atoms with van der Waals surface area (Å²) in [6.45, 7) is 4.19. The van der Waals surface area contributed by atoms with Crippen LogP contribution >= 0.6 is 0 Å². The normalized spacial score (nSPS) is 16.5. The molecule has 3 aliphatic rings. The number of carbonyl (C=O) groups is 8. The highest BCUT2D eigenvalue weighted by molar-refractivity contribution is 6.13. The minimum absolute atomic E-state index is 0.0240. The predicted molar refractivity (Wildman–Crippen MR) is 198 cm³/mol. The summed E-state index contributed by atoms with van der Waals surface area (Å²) in [5.74, 6) is -4.17. The quantitative estimate of drug-likeness (QED) is 0.0536. The fourth-order valence-corrected chi connectivity index (χ4v) is 5.28. The molecule has 0 saturated carbocycles. The van der Waals surface area contributed by atoms with Gasteiger partial charge in [0.25, 0.3) is 29.5 Å². The van der Waals surface area contributed by atoms with E-state index in [0.29, 0.717) is 36.6 Å². The Hall–Kier alpha value is -4.46. The fourth-order valence-electron chi connectivity index (χ4n) is 5.28. The number of carbonyl (C=O) groups excluding carboxylic acids is 8. The standard InChI is InChI=1S/C37H56N4O19/c42-29(7-10-39-30(43)1-2-31(39)44)38(11-15-53-19-23-57-27-25-55-21-17-51-13-8-36(49)59-40-32(45)3-4-33(40)46)12-16-54-20-24-58-28-26-56-22-18-52-14-9-37(50)60-41-34(47)5-6-35(41)48/h1-2,32,45H,3-28H2. The van der Waals surface area contributed by atoms with E-state index in [2.05, 4.69) is 0 Å². The zero-order chi connectivity index (χ0) is 43.4. The van der Waals surface area contributed by atoms with Crippen LogP contribution in [-0.2, 0) is 85.9 Å². The second-order valence-electron chi connectivity index (χ2n) is 12.9. The maximum absolute atomic E-state index is 13.0. The average Bonchev–Trinajstić information content (AvgIpc) is 3.85. The molecule has 0 bridgehead atoms. The van der Waals surface area contributed by atoms with E-state index in [9.17, 15) is 43.5 Å². The number of hydrogen-bond donors (Lipinski definition) is 1. The second kappa shape index (κ2) is 29.7. The smallest absolute Gasteiger partial charge is 0.335 e. The maximum atomic E-state index is 13.0. The summed E-state index contributed by atoms with van der Waals surface area (Å²) in [6, 6.07) is 0. The molecule has 6 amide bonds. The summed E-state index contributed by atoms with van der Waals surface area (Å²) in [4.78, 5) is 107. The number of aliphatic hydroxyl groups is 1. The van der Waals surface area contributed by atoms with Gasteiger partial charge in [0.05, 0.1) is 119 Å². The van der Waals surface area contributed by atoms with Crippen LogP contribution in [0, 0.1) is 0 Å². The molecule has 60 heavy (non-hydrogen) atoms. The van der Waals surface area contributed by atoms with Crippen molar-refractivity contribution < 1.29 is 91.0 Å². The number of amides is 6. The zero-order valence-electron chi connectivity index (χ0n) is 33.7. The number of hydrogen-bond acceptors (Lipinski definition) is 19. The third-order valence-corrected chi connectivity index (χ3v) is 8.48. The Morgan fingerprint density at radius 2 is 0.933 bits per heavy atom. The van der Waals surface area contributed by atoms with Crippen molar-refractivity contribution in [2.24, 2.45) is 0 Å². The summed E-state index contributed by atoms with van der Waals surface area (Å²) in [5, 5.41) is 10.8. The predicted octanol–water partition coefficient (Wildman–Crippen LogP) is -1.95. The van der Waals surface area contributed by atoms with Crippen molar-refractivity contribution in [3.63, 3.8) is 0 Å². The summed E-state index contributed by atoms with van der Waals surface area (Å²) in [5.41, 5.74) is 0. The van der Waals surface area contributed by atoms with Crippen molar-refractivity contribution in [1.29, 1.82) is 0 Å². The molecule has 1 N–H and O–H groups in total. The van der Waals surface area contributed by atoms with Gasteiger partial charge in [0.15, 0.2) is 6.23 Å². The van der Waals surface area contributed by atoms with Gasteiger partial charge >= 0.3 is 11.9 Å². The highest BCUT2D eigenvalue weighted by Crippen LogP contribution is 2.17. The van der Waals surface area contributed by atoms with Gasteiger partial charge in [-0.3, -0.25) is 33.7 Å². The molecular formula is C37H56N4O19. The summed E-state index contributed by atoms with van der Waals surface area (Å²) in [6.07, 6.45) is 1.32. The largest absolute Gasteiger partial charge is 0.378 e. The van der Waals surface area contributed by atoms with E-state index in [1.807, 2.05) is 0 Å². The monoisotopic (exact) mass is 860 g/mol. The van der Waals surface area contributed by atoms with Crippen molar-refractivity contribution in [3.8, 4) is 0 Å². The Morgan fingerprint density at radius 1 is 0.533 bits per heavy atom. The number of rotatable bonds is 35. The molecule has 0 radical (unpaired) electrons. The first kappa shape index (κ1) is 49.9. The molecule has 3 rings (SSSR count). The van der Waals surface area contributed by atoms with Crippen LogP contribution in [0.15, 0.2) is 12.2 Å². The van der Waals surface area contributed by atoms with Gasteiger partial charge in [-0.15, -0.1) is 10.1 Å². The molecule has 23 heteroatoms. The Labute approximate surface area is 346 Å². The summed E-state index contributed by atoms with van der Waals surface area (Å²) < 4.78 is 43.6. The Bertz CT molecular complexity index is 1400. The van der Waals surface area contributed by atoms with E-state index >= 15 is 0 Å². The van der Waals surface area contributed by atoms with E-state index < -0.39 is 47.7 Å². The Morgan fingerprint density at radius 3 is 1.35 bits per heavy atom. The lowest BCUT2D eigenvalue weighted by Gasteiger charge is -2.24. The van der Waals surface area contributed by atoms with Crippen molar-refractivity contribution in [3.05, 3.63) is 12.2 Å².